The van der Waals surface area contributed by atoms with Crippen LogP contribution >= 0.6 is 0 Å². The predicted molar refractivity (Wildman–Crippen MR) is 101 cm³/mol. The Balaban J connectivity index is 1.63. The molecule has 25 heavy (non-hydrogen) atoms. The molecule has 0 saturated heterocycles. The van der Waals surface area contributed by atoms with Crippen molar-refractivity contribution in [2.75, 3.05) is 24.3 Å². The van der Waals surface area contributed by atoms with Crippen molar-refractivity contribution >= 4 is 28.2 Å². The van der Waals surface area contributed by atoms with Gasteiger partial charge in [0.25, 0.3) is 0 Å². The van der Waals surface area contributed by atoms with Crippen LogP contribution in [0.25, 0.3) is 22.2 Å². The largest absolute Gasteiger partial charge is 0.378 e. The van der Waals surface area contributed by atoms with Crippen LogP contribution in [-0.4, -0.2) is 34.0 Å². The van der Waals surface area contributed by atoms with Gasteiger partial charge in [0.15, 0.2) is 0 Å². The van der Waals surface area contributed by atoms with E-state index in [2.05, 4.69) is 42.3 Å². The van der Waals surface area contributed by atoms with E-state index in [1.54, 1.807) is 12.4 Å². The maximum atomic E-state index is 4.64. The van der Waals surface area contributed by atoms with Crippen LogP contribution in [0.15, 0.2) is 61.2 Å². The van der Waals surface area contributed by atoms with Crippen LogP contribution in [0.4, 0.5) is 17.3 Å². The molecule has 0 saturated carbocycles. The third-order valence-corrected chi connectivity index (χ3v) is 4.05. The Morgan fingerprint density at radius 2 is 1.84 bits per heavy atom. The van der Waals surface area contributed by atoms with Gasteiger partial charge in [0.05, 0.1) is 5.69 Å². The molecule has 3 aromatic heterocycles. The molecule has 6 nitrogen and oxygen atoms in total. The standard InChI is InChI=1S/C19H18N6/c1-25(2)14-5-3-13(4-6-14)23-19-21-10-8-18(24-19)16-12-22-17-7-9-20-11-15(16)17/h3-12,22H,1-2H3,(H,21,23,24). The first-order valence-electron chi connectivity index (χ1n) is 7.99. The highest BCUT2D eigenvalue weighted by Gasteiger charge is 2.09. The van der Waals surface area contributed by atoms with Crippen molar-refractivity contribution in [2.45, 2.75) is 0 Å². The van der Waals surface area contributed by atoms with Gasteiger partial charge in [-0.05, 0) is 36.4 Å². The summed E-state index contributed by atoms with van der Waals surface area (Å²) in [6.45, 7) is 0. The van der Waals surface area contributed by atoms with Crippen LogP contribution in [0.3, 0.4) is 0 Å². The zero-order chi connectivity index (χ0) is 17.2. The maximum Gasteiger partial charge on any atom is 0.227 e. The van der Waals surface area contributed by atoms with E-state index in [0.717, 1.165) is 33.5 Å². The molecule has 3 heterocycles. The molecule has 0 aliphatic carbocycles. The van der Waals surface area contributed by atoms with Crippen molar-refractivity contribution in [3.63, 3.8) is 0 Å². The number of fused-ring (bicyclic) bond motifs is 1. The SMILES string of the molecule is CN(C)c1ccc(Nc2nccc(-c3c[nH]c4ccncc34)n2)cc1. The summed E-state index contributed by atoms with van der Waals surface area (Å²) in [4.78, 5) is 18.5. The summed E-state index contributed by atoms with van der Waals surface area (Å²) in [7, 11) is 4.04. The van der Waals surface area contributed by atoms with Crippen molar-refractivity contribution in [1.82, 2.24) is 19.9 Å². The van der Waals surface area contributed by atoms with Crippen LogP contribution in [0.2, 0.25) is 0 Å². The molecular weight excluding hydrogens is 312 g/mol. The lowest BCUT2D eigenvalue weighted by atomic mass is 10.1. The van der Waals surface area contributed by atoms with Gasteiger partial charge in [-0.15, -0.1) is 0 Å². The highest BCUT2D eigenvalue weighted by molar-refractivity contribution is 5.93. The van der Waals surface area contributed by atoms with Gasteiger partial charge in [0.1, 0.15) is 0 Å². The fourth-order valence-corrected chi connectivity index (χ4v) is 2.72. The summed E-state index contributed by atoms with van der Waals surface area (Å²) >= 11 is 0. The van der Waals surface area contributed by atoms with Crippen molar-refractivity contribution in [3.8, 4) is 11.3 Å². The molecule has 4 rings (SSSR count). The fraction of sp³-hybridized carbons (Fsp3) is 0.105. The van der Waals surface area contributed by atoms with Crippen molar-refractivity contribution in [3.05, 3.63) is 61.2 Å². The molecule has 1 aromatic carbocycles. The smallest absolute Gasteiger partial charge is 0.227 e. The lowest BCUT2D eigenvalue weighted by Gasteiger charge is -2.13. The Morgan fingerprint density at radius 3 is 2.64 bits per heavy atom. The van der Waals surface area contributed by atoms with Crippen LogP contribution in [-0.2, 0) is 0 Å². The Kier molecular flexibility index (Phi) is 3.78. The number of pyridine rings is 1. The van der Waals surface area contributed by atoms with E-state index in [0.29, 0.717) is 5.95 Å². The minimum absolute atomic E-state index is 0.563. The molecule has 4 aromatic rings. The summed E-state index contributed by atoms with van der Waals surface area (Å²) in [5, 5.41) is 4.30. The number of nitrogens with zero attached hydrogens (tertiary/aromatic N) is 4. The molecule has 0 amide bonds. The van der Waals surface area contributed by atoms with Crippen molar-refractivity contribution in [2.24, 2.45) is 0 Å². The number of H-pyrrole nitrogens is 1. The van der Waals surface area contributed by atoms with E-state index in [9.17, 15) is 0 Å². The monoisotopic (exact) mass is 330 g/mol. The summed E-state index contributed by atoms with van der Waals surface area (Å²) < 4.78 is 0. The number of rotatable bonds is 4. The number of nitrogens with one attached hydrogen (secondary N) is 2. The number of aromatic amines is 1. The molecule has 0 aliphatic rings. The molecule has 0 radical (unpaired) electrons. The Hall–Kier alpha value is -3.41. The third kappa shape index (κ3) is 3.01. The van der Waals surface area contributed by atoms with E-state index in [-0.39, 0.29) is 0 Å². The number of hydrogen-bond donors (Lipinski definition) is 2. The van der Waals surface area contributed by atoms with Gasteiger partial charge in [-0.1, -0.05) is 0 Å². The Morgan fingerprint density at radius 1 is 1.00 bits per heavy atom. The van der Waals surface area contributed by atoms with Gasteiger partial charge in [-0.25, -0.2) is 9.97 Å². The highest BCUT2D eigenvalue weighted by Crippen LogP contribution is 2.27. The average Bonchev–Trinajstić information content (AvgIpc) is 3.06. The zero-order valence-electron chi connectivity index (χ0n) is 14.1. The molecule has 124 valence electrons. The van der Waals surface area contributed by atoms with E-state index in [4.69, 9.17) is 0 Å². The topological polar surface area (TPSA) is 69.7 Å². The molecule has 0 unspecified atom stereocenters. The summed E-state index contributed by atoms with van der Waals surface area (Å²) in [5.41, 5.74) is 4.99. The minimum atomic E-state index is 0.563. The Labute approximate surface area is 145 Å². The molecule has 0 fully saturated rings. The molecule has 0 bridgehead atoms. The molecule has 0 atom stereocenters. The van der Waals surface area contributed by atoms with Gasteiger partial charge in [-0.3, -0.25) is 4.98 Å². The normalized spacial score (nSPS) is 10.8. The van der Waals surface area contributed by atoms with Gasteiger partial charge in [0.2, 0.25) is 5.95 Å². The van der Waals surface area contributed by atoms with Crippen LogP contribution in [0.5, 0.6) is 0 Å². The van der Waals surface area contributed by atoms with Gasteiger partial charge >= 0.3 is 0 Å². The van der Waals surface area contributed by atoms with Crippen LogP contribution < -0.4 is 10.2 Å². The number of aromatic nitrogens is 4. The van der Waals surface area contributed by atoms with Crippen molar-refractivity contribution in [1.29, 1.82) is 0 Å². The lowest BCUT2D eigenvalue weighted by molar-refractivity contribution is 1.13. The van der Waals surface area contributed by atoms with Crippen LogP contribution in [0, 0.1) is 0 Å². The van der Waals surface area contributed by atoms with Crippen LogP contribution in [0.1, 0.15) is 0 Å². The third-order valence-electron chi connectivity index (χ3n) is 4.05. The number of hydrogen-bond acceptors (Lipinski definition) is 5. The molecule has 2 N–H and O–H groups in total. The predicted octanol–water partition coefficient (Wildman–Crippen LogP) is 3.83. The van der Waals surface area contributed by atoms with E-state index < -0.39 is 0 Å². The highest BCUT2D eigenvalue weighted by atomic mass is 15.1. The van der Waals surface area contributed by atoms with Gasteiger partial charge in [-0.2, -0.15) is 0 Å². The summed E-state index contributed by atoms with van der Waals surface area (Å²) in [6.07, 6.45) is 7.32. The lowest BCUT2D eigenvalue weighted by Crippen LogP contribution is -2.08. The second-order valence-electron chi connectivity index (χ2n) is 5.96. The van der Waals surface area contributed by atoms with E-state index in [1.165, 1.54) is 0 Å². The van der Waals surface area contributed by atoms with Gasteiger partial charge < -0.3 is 15.2 Å². The first-order valence-corrected chi connectivity index (χ1v) is 7.99. The average molecular weight is 330 g/mol. The minimum Gasteiger partial charge on any atom is -0.378 e. The number of benzene rings is 1. The zero-order valence-corrected chi connectivity index (χ0v) is 14.1. The summed E-state index contributed by atoms with van der Waals surface area (Å²) in [5.74, 6) is 0.563. The van der Waals surface area contributed by atoms with Crippen molar-refractivity contribution < 1.29 is 0 Å². The quantitative estimate of drug-likeness (QED) is 0.595. The Bertz CT molecular complexity index is 1000. The fourth-order valence-electron chi connectivity index (χ4n) is 2.72. The maximum absolute atomic E-state index is 4.64. The molecule has 0 spiro atoms. The second-order valence-corrected chi connectivity index (χ2v) is 5.96. The molecule has 0 aliphatic heterocycles. The van der Waals surface area contributed by atoms with E-state index >= 15 is 0 Å². The summed E-state index contributed by atoms with van der Waals surface area (Å²) in [6, 6.07) is 12.0. The second kappa shape index (κ2) is 6.24. The van der Waals surface area contributed by atoms with E-state index in [1.807, 2.05) is 50.8 Å². The molecular formula is C19H18N6. The molecule has 6 heteroatoms. The first-order chi connectivity index (χ1) is 12.2. The number of anilines is 3. The van der Waals surface area contributed by atoms with Gasteiger partial charge in [0, 0.05) is 66.7 Å². The first kappa shape index (κ1) is 15.1.